The number of fused-ring (bicyclic) bond motifs is 1. The van der Waals surface area contributed by atoms with Crippen LogP contribution in [-0.2, 0) is 7.05 Å². The zero-order chi connectivity index (χ0) is 14.1. The van der Waals surface area contributed by atoms with E-state index in [1.54, 1.807) is 16.4 Å². The lowest BCUT2D eigenvalue weighted by atomic mass is 10.2. The van der Waals surface area contributed by atoms with Crippen molar-refractivity contribution in [3.8, 4) is 0 Å². The summed E-state index contributed by atoms with van der Waals surface area (Å²) in [6.45, 7) is 2.62. The Balaban J connectivity index is 1.87. The second-order valence-electron chi connectivity index (χ2n) is 4.85. The molecule has 0 aliphatic carbocycles. The lowest BCUT2D eigenvalue weighted by Gasteiger charge is -2.09. The topological polar surface area (TPSA) is 72.5 Å². The van der Waals surface area contributed by atoms with Gasteiger partial charge in [0.05, 0.1) is 22.5 Å². The molecule has 20 heavy (non-hydrogen) atoms. The maximum Gasteiger partial charge on any atom is 0.167 e. The summed E-state index contributed by atoms with van der Waals surface area (Å²) in [6.07, 6.45) is 3.86. The molecule has 0 amide bonds. The van der Waals surface area contributed by atoms with Gasteiger partial charge in [0.1, 0.15) is 0 Å². The normalized spacial score (nSPS) is 12.9. The zero-order valence-corrected chi connectivity index (χ0v) is 12.3. The van der Waals surface area contributed by atoms with Crippen molar-refractivity contribution in [2.75, 3.05) is 6.54 Å². The first-order valence-electron chi connectivity index (χ1n) is 6.47. The van der Waals surface area contributed by atoms with Gasteiger partial charge in [-0.25, -0.2) is 4.98 Å². The molecule has 0 spiro atoms. The number of H-pyrrole nitrogens is 1. The van der Waals surface area contributed by atoms with E-state index in [1.165, 1.54) is 5.56 Å². The van der Waals surface area contributed by atoms with Crippen molar-refractivity contribution in [3.63, 3.8) is 0 Å². The Hall–Kier alpha value is -1.79. The molecule has 0 fully saturated rings. The number of nitrogens with zero attached hydrogens (tertiary/aromatic N) is 3. The highest BCUT2D eigenvalue weighted by molar-refractivity contribution is 7.99. The summed E-state index contributed by atoms with van der Waals surface area (Å²) in [7, 11) is 1.91. The Kier molecular flexibility index (Phi) is 3.50. The van der Waals surface area contributed by atoms with Gasteiger partial charge in [-0.15, -0.1) is 0 Å². The van der Waals surface area contributed by atoms with Gasteiger partial charge < -0.3 is 10.7 Å². The van der Waals surface area contributed by atoms with Crippen LogP contribution in [0.1, 0.15) is 16.4 Å². The van der Waals surface area contributed by atoms with Crippen LogP contribution < -0.4 is 5.73 Å². The van der Waals surface area contributed by atoms with Crippen molar-refractivity contribution in [1.29, 1.82) is 0 Å². The van der Waals surface area contributed by atoms with Crippen molar-refractivity contribution < 1.29 is 0 Å². The summed E-state index contributed by atoms with van der Waals surface area (Å²) in [6, 6.07) is 6.21. The summed E-state index contributed by atoms with van der Waals surface area (Å²) in [5.74, 6) is 0. The number of hydrogen-bond donors (Lipinski definition) is 2. The lowest BCUT2D eigenvalue weighted by molar-refractivity contribution is 0.766. The Morgan fingerprint density at radius 2 is 2.30 bits per heavy atom. The lowest BCUT2D eigenvalue weighted by Crippen LogP contribution is -2.08. The van der Waals surface area contributed by atoms with E-state index in [0.29, 0.717) is 6.54 Å². The number of aryl methyl sites for hydroxylation is 2. The first kappa shape index (κ1) is 13.2. The maximum atomic E-state index is 5.88. The Labute approximate surface area is 121 Å². The van der Waals surface area contributed by atoms with Gasteiger partial charge in [-0.1, -0.05) is 17.8 Å². The van der Waals surface area contributed by atoms with Crippen LogP contribution in [0.4, 0.5) is 0 Å². The van der Waals surface area contributed by atoms with Crippen molar-refractivity contribution in [1.82, 2.24) is 19.7 Å². The molecule has 5 nitrogen and oxygen atoms in total. The molecule has 0 saturated heterocycles. The predicted octanol–water partition coefficient (Wildman–Crippen LogP) is 2.40. The SMILES string of the molecule is Cc1ccc2nc(SC(CN)c3cnn(C)c3)[nH]c2c1. The van der Waals surface area contributed by atoms with Gasteiger partial charge in [-0.2, -0.15) is 5.10 Å². The number of rotatable bonds is 4. The minimum Gasteiger partial charge on any atom is -0.333 e. The van der Waals surface area contributed by atoms with E-state index in [4.69, 9.17) is 5.73 Å². The first-order valence-corrected chi connectivity index (χ1v) is 7.35. The molecule has 3 rings (SSSR count). The van der Waals surface area contributed by atoms with E-state index in [2.05, 4.69) is 34.1 Å². The Bertz CT molecular complexity index is 730. The smallest absolute Gasteiger partial charge is 0.167 e. The number of hydrogen-bond acceptors (Lipinski definition) is 4. The molecule has 104 valence electrons. The van der Waals surface area contributed by atoms with Crippen molar-refractivity contribution in [2.24, 2.45) is 12.8 Å². The predicted molar refractivity (Wildman–Crippen MR) is 81.7 cm³/mol. The van der Waals surface area contributed by atoms with Crippen LogP contribution in [0.3, 0.4) is 0 Å². The van der Waals surface area contributed by atoms with E-state index in [9.17, 15) is 0 Å². The highest BCUT2D eigenvalue weighted by Crippen LogP contribution is 2.33. The van der Waals surface area contributed by atoms with Crippen LogP contribution in [0.25, 0.3) is 11.0 Å². The van der Waals surface area contributed by atoms with Crippen LogP contribution in [0, 0.1) is 6.92 Å². The fourth-order valence-corrected chi connectivity index (χ4v) is 3.09. The van der Waals surface area contributed by atoms with Crippen molar-refractivity contribution in [2.45, 2.75) is 17.3 Å². The third-order valence-electron chi connectivity index (χ3n) is 3.18. The van der Waals surface area contributed by atoms with Gasteiger partial charge in [-0.05, 0) is 24.6 Å². The van der Waals surface area contributed by atoms with Crippen LogP contribution in [0.5, 0.6) is 0 Å². The van der Waals surface area contributed by atoms with Gasteiger partial charge in [0, 0.05) is 25.4 Å². The van der Waals surface area contributed by atoms with Crippen LogP contribution >= 0.6 is 11.8 Å². The van der Waals surface area contributed by atoms with E-state index < -0.39 is 0 Å². The monoisotopic (exact) mass is 287 g/mol. The number of benzene rings is 1. The van der Waals surface area contributed by atoms with E-state index in [-0.39, 0.29) is 5.25 Å². The van der Waals surface area contributed by atoms with Gasteiger partial charge in [-0.3, -0.25) is 4.68 Å². The number of nitrogens with one attached hydrogen (secondary N) is 1. The molecule has 0 radical (unpaired) electrons. The first-order chi connectivity index (χ1) is 9.65. The highest BCUT2D eigenvalue weighted by atomic mass is 32.2. The average Bonchev–Trinajstić information content (AvgIpc) is 3.01. The minimum absolute atomic E-state index is 0.158. The van der Waals surface area contributed by atoms with E-state index in [0.717, 1.165) is 21.8 Å². The summed E-state index contributed by atoms with van der Waals surface area (Å²) in [5, 5.41) is 5.25. The fraction of sp³-hybridized carbons (Fsp3) is 0.286. The molecule has 1 unspecified atom stereocenters. The number of nitrogens with two attached hydrogens (primary N) is 1. The standard InChI is InChI=1S/C14H17N5S/c1-9-3-4-11-12(5-9)18-14(17-11)20-13(6-15)10-7-16-19(2)8-10/h3-5,7-8,13H,6,15H2,1-2H3,(H,17,18). The summed E-state index contributed by atoms with van der Waals surface area (Å²) in [4.78, 5) is 7.95. The fourth-order valence-electron chi connectivity index (χ4n) is 2.15. The largest absolute Gasteiger partial charge is 0.333 e. The molecule has 3 N–H and O–H groups in total. The third-order valence-corrected chi connectivity index (χ3v) is 4.35. The van der Waals surface area contributed by atoms with Gasteiger partial charge in [0.25, 0.3) is 0 Å². The quantitative estimate of drug-likeness (QED) is 0.723. The maximum absolute atomic E-state index is 5.88. The summed E-state index contributed by atoms with van der Waals surface area (Å²) in [5.41, 5.74) is 10.3. The van der Waals surface area contributed by atoms with Crippen molar-refractivity contribution >= 4 is 22.8 Å². The van der Waals surface area contributed by atoms with Crippen LogP contribution in [-0.4, -0.2) is 26.3 Å². The van der Waals surface area contributed by atoms with Gasteiger partial charge >= 0.3 is 0 Å². The van der Waals surface area contributed by atoms with E-state index >= 15 is 0 Å². The number of aromatic amines is 1. The molecule has 3 aromatic rings. The third kappa shape index (κ3) is 2.57. The molecular formula is C14H17N5S. The average molecular weight is 287 g/mol. The second-order valence-corrected chi connectivity index (χ2v) is 6.04. The number of imidazole rings is 1. The molecule has 0 aliphatic heterocycles. The zero-order valence-electron chi connectivity index (χ0n) is 11.5. The van der Waals surface area contributed by atoms with Crippen LogP contribution in [0.15, 0.2) is 35.7 Å². The molecule has 1 atom stereocenters. The number of thioether (sulfide) groups is 1. The Morgan fingerprint density at radius 1 is 1.45 bits per heavy atom. The summed E-state index contributed by atoms with van der Waals surface area (Å²) < 4.78 is 1.79. The minimum atomic E-state index is 0.158. The van der Waals surface area contributed by atoms with Crippen molar-refractivity contribution in [3.05, 3.63) is 41.7 Å². The summed E-state index contributed by atoms with van der Waals surface area (Å²) >= 11 is 1.64. The molecule has 6 heteroatoms. The number of aromatic nitrogens is 4. The molecule has 2 heterocycles. The molecule has 1 aromatic carbocycles. The Morgan fingerprint density at radius 3 is 3.00 bits per heavy atom. The van der Waals surface area contributed by atoms with Crippen LogP contribution in [0.2, 0.25) is 0 Å². The highest BCUT2D eigenvalue weighted by Gasteiger charge is 2.15. The molecule has 0 bridgehead atoms. The molecule has 0 saturated carbocycles. The van der Waals surface area contributed by atoms with Gasteiger partial charge in [0.15, 0.2) is 5.16 Å². The molecule has 2 aromatic heterocycles. The van der Waals surface area contributed by atoms with E-state index in [1.807, 2.05) is 25.5 Å². The molecular weight excluding hydrogens is 270 g/mol. The van der Waals surface area contributed by atoms with Gasteiger partial charge in [0.2, 0.25) is 0 Å². The molecule has 0 aliphatic rings. The second kappa shape index (κ2) is 5.30.